The number of hydrogen-bond donors (Lipinski definition) is 0. The third kappa shape index (κ3) is 4.72. The number of rotatable bonds is 4. The van der Waals surface area contributed by atoms with Gasteiger partial charge in [0.05, 0.1) is 0 Å². The molecule has 1 aromatic carbocycles. The second-order valence-electron chi connectivity index (χ2n) is 3.30. The molecule has 0 spiro atoms. The molecule has 0 heterocycles. The Hall–Kier alpha value is -1.19. The molecule has 0 radical (unpaired) electrons. The van der Waals surface area contributed by atoms with E-state index >= 15 is 0 Å². The van der Waals surface area contributed by atoms with Crippen LogP contribution in [0.4, 0.5) is 13.2 Å². The lowest BCUT2D eigenvalue weighted by atomic mass is 10.1. The van der Waals surface area contributed by atoms with Crippen LogP contribution in [-0.4, -0.2) is 6.36 Å². The van der Waals surface area contributed by atoms with Crippen molar-refractivity contribution >= 4 is 0 Å². The van der Waals surface area contributed by atoms with Crippen LogP contribution in [0.3, 0.4) is 0 Å². The Bertz CT molecular complexity index is 290. The van der Waals surface area contributed by atoms with Gasteiger partial charge in [0.15, 0.2) is 0 Å². The van der Waals surface area contributed by atoms with Crippen molar-refractivity contribution in [2.45, 2.75) is 32.5 Å². The molecule has 0 aliphatic carbocycles. The van der Waals surface area contributed by atoms with Crippen LogP contribution in [0, 0.1) is 0 Å². The van der Waals surface area contributed by atoms with E-state index in [1.54, 1.807) is 12.1 Å². The first-order valence-corrected chi connectivity index (χ1v) is 4.86. The largest absolute Gasteiger partial charge is 0.573 e. The zero-order chi connectivity index (χ0) is 11.3. The Morgan fingerprint density at radius 1 is 1.13 bits per heavy atom. The molecule has 0 saturated carbocycles. The number of unbranched alkanes of at least 4 members (excludes halogenated alkanes) is 1. The molecular formula is C11H13F3O. The molecule has 1 nitrogen and oxygen atoms in total. The molecule has 0 aromatic heterocycles. The van der Waals surface area contributed by atoms with E-state index in [0.29, 0.717) is 0 Å². The molecule has 0 fully saturated rings. The average Bonchev–Trinajstić information content (AvgIpc) is 2.14. The molecule has 1 aromatic rings. The summed E-state index contributed by atoms with van der Waals surface area (Å²) in [7, 11) is 0. The van der Waals surface area contributed by atoms with E-state index in [1.165, 1.54) is 12.1 Å². The fraction of sp³-hybridized carbons (Fsp3) is 0.455. The number of hydrogen-bond acceptors (Lipinski definition) is 1. The molecule has 0 N–H and O–H groups in total. The lowest BCUT2D eigenvalue weighted by Gasteiger charge is -2.09. The number of ether oxygens (including phenoxy) is 1. The minimum Gasteiger partial charge on any atom is -0.406 e. The van der Waals surface area contributed by atoms with Crippen LogP contribution >= 0.6 is 0 Å². The van der Waals surface area contributed by atoms with Gasteiger partial charge in [0, 0.05) is 0 Å². The van der Waals surface area contributed by atoms with Crippen LogP contribution in [0.1, 0.15) is 25.3 Å². The highest BCUT2D eigenvalue weighted by Gasteiger charge is 2.30. The molecule has 1 rings (SSSR count). The van der Waals surface area contributed by atoms with E-state index in [1.807, 2.05) is 0 Å². The van der Waals surface area contributed by atoms with E-state index in [2.05, 4.69) is 11.7 Å². The van der Waals surface area contributed by atoms with E-state index < -0.39 is 6.36 Å². The second-order valence-corrected chi connectivity index (χ2v) is 3.30. The molecule has 15 heavy (non-hydrogen) atoms. The molecule has 0 aliphatic heterocycles. The van der Waals surface area contributed by atoms with Gasteiger partial charge >= 0.3 is 6.36 Å². The van der Waals surface area contributed by atoms with Gasteiger partial charge in [0.1, 0.15) is 5.75 Å². The van der Waals surface area contributed by atoms with Crippen LogP contribution in [-0.2, 0) is 6.42 Å². The fourth-order valence-electron chi connectivity index (χ4n) is 1.24. The number of halogens is 3. The van der Waals surface area contributed by atoms with Gasteiger partial charge < -0.3 is 4.74 Å². The minimum atomic E-state index is -4.61. The third-order valence-corrected chi connectivity index (χ3v) is 1.98. The molecule has 0 atom stereocenters. The monoisotopic (exact) mass is 218 g/mol. The Kier molecular flexibility index (Phi) is 4.00. The van der Waals surface area contributed by atoms with E-state index in [0.717, 1.165) is 24.8 Å². The first kappa shape index (κ1) is 11.9. The molecule has 0 unspecified atom stereocenters. The fourth-order valence-corrected chi connectivity index (χ4v) is 1.24. The zero-order valence-corrected chi connectivity index (χ0v) is 8.47. The zero-order valence-electron chi connectivity index (χ0n) is 8.47. The van der Waals surface area contributed by atoms with E-state index in [4.69, 9.17) is 0 Å². The molecular weight excluding hydrogens is 205 g/mol. The molecule has 0 bridgehead atoms. The quantitative estimate of drug-likeness (QED) is 0.744. The smallest absolute Gasteiger partial charge is 0.406 e. The molecule has 0 aliphatic rings. The second kappa shape index (κ2) is 5.05. The maximum Gasteiger partial charge on any atom is 0.573 e. The van der Waals surface area contributed by atoms with Crippen molar-refractivity contribution in [3.05, 3.63) is 29.8 Å². The maximum absolute atomic E-state index is 11.8. The van der Waals surface area contributed by atoms with Crippen molar-refractivity contribution in [2.24, 2.45) is 0 Å². The van der Waals surface area contributed by atoms with Gasteiger partial charge in [-0.25, -0.2) is 0 Å². The van der Waals surface area contributed by atoms with Crippen molar-refractivity contribution in [1.82, 2.24) is 0 Å². The van der Waals surface area contributed by atoms with Gasteiger partial charge in [-0.05, 0) is 30.5 Å². The predicted octanol–water partition coefficient (Wildman–Crippen LogP) is 3.93. The SMILES string of the molecule is CCCCc1ccc(OC(F)(F)F)cc1. The highest BCUT2D eigenvalue weighted by atomic mass is 19.4. The number of alkyl halides is 3. The van der Waals surface area contributed by atoms with Gasteiger partial charge in [-0.3, -0.25) is 0 Å². The predicted molar refractivity (Wildman–Crippen MR) is 51.7 cm³/mol. The highest BCUT2D eigenvalue weighted by molar-refractivity contribution is 5.27. The van der Waals surface area contributed by atoms with Crippen molar-refractivity contribution in [2.75, 3.05) is 0 Å². The van der Waals surface area contributed by atoms with Gasteiger partial charge in [-0.2, -0.15) is 0 Å². The summed E-state index contributed by atoms with van der Waals surface area (Å²) in [6, 6.07) is 6.02. The Morgan fingerprint density at radius 3 is 2.20 bits per heavy atom. The van der Waals surface area contributed by atoms with Crippen molar-refractivity contribution in [3.8, 4) is 5.75 Å². The number of benzene rings is 1. The standard InChI is InChI=1S/C11H13F3O/c1-2-3-4-9-5-7-10(8-6-9)15-11(12,13)14/h5-8H,2-4H2,1H3. The van der Waals surface area contributed by atoms with Crippen LogP contribution < -0.4 is 4.74 Å². The summed E-state index contributed by atoms with van der Waals surface area (Å²) >= 11 is 0. The van der Waals surface area contributed by atoms with Crippen molar-refractivity contribution < 1.29 is 17.9 Å². The lowest BCUT2D eigenvalue weighted by Crippen LogP contribution is -2.17. The average molecular weight is 218 g/mol. The van der Waals surface area contributed by atoms with Gasteiger partial charge in [-0.1, -0.05) is 25.5 Å². The van der Waals surface area contributed by atoms with Crippen LogP contribution in [0.15, 0.2) is 24.3 Å². The highest BCUT2D eigenvalue weighted by Crippen LogP contribution is 2.22. The minimum absolute atomic E-state index is 0.164. The topological polar surface area (TPSA) is 9.23 Å². The Balaban J connectivity index is 2.56. The van der Waals surface area contributed by atoms with Crippen LogP contribution in [0.2, 0.25) is 0 Å². The molecule has 0 amide bonds. The first-order chi connectivity index (χ1) is 7.01. The summed E-state index contributed by atoms with van der Waals surface area (Å²) in [5.41, 5.74) is 1.03. The number of aryl methyl sites for hydroxylation is 1. The molecule has 0 saturated heterocycles. The van der Waals surface area contributed by atoms with Crippen LogP contribution in [0.25, 0.3) is 0 Å². The Morgan fingerprint density at radius 2 is 1.73 bits per heavy atom. The van der Waals surface area contributed by atoms with E-state index in [-0.39, 0.29) is 5.75 Å². The summed E-state index contributed by atoms with van der Waals surface area (Å²) in [6.45, 7) is 2.07. The van der Waals surface area contributed by atoms with Gasteiger partial charge in [-0.15, -0.1) is 13.2 Å². The summed E-state index contributed by atoms with van der Waals surface area (Å²) in [5, 5.41) is 0. The normalized spacial score (nSPS) is 11.5. The Labute approximate surface area is 86.9 Å². The summed E-state index contributed by atoms with van der Waals surface area (Å²) < 4.78 is 39.2. The first-order valence-electron chi connectivity index (χ1n) is 4.86. The summed E-state index contributed by atoms with van der Waals surface area (Å²) in [4.78, 5) is 0. The van der Waals surface area contributed by atoms with Gasteiger partial charge in [0.2, 0.25) is 0 Å². The summed E-state index contributed by atoms with van der Waals surface area (Å²) in [5.74, 6) is -0.164. The summed E-state index contributed by atoms with van der Waals surface area (Å²) in [6.07, 6.45) is -1.60. The van der Waals surface area contributed by atoms with Crippen molar-refractivity contribution in [3.63, 3.8) is 0 Å². The molecule has 84 valence electrons. The third-order valence-electron chi connectivity index (χ3n) is 1.98. The maximum atomic E-state index is 11.8. The lowest BCUT2D eigenvalue weighted by molar-refractivity contribution is -0.274. The van der Waals surface area contributed by atoms with E-state index in [9.17, 15) is 13.2 Å². The van der Waals surface area contributed by atoms with Crippen molar-refractivity contribution in [1.29, 1.82) is 0 Å². The van der Waals surface area contributed by atoms with Gasteiger partial charge in [0.25, 0.3) is 0 Å². The van der Waals surface area contributed by atoms with Crippen LogP contribution in [0.5, 0.6) is 5.75 Å². The molecule has 4 heteroatoms.